The lowest BCUT2D eigenvalue weighted by atomic mass is 9.92. The topological polar surface area (TPSA) is 42.2 Å². The van der Waals surface area contributed by atoms with Gasteiger partial charge in [0.2, 0.25) is 0 Å². The molecule has 1 aromatic rings. The summed E-state index contributed by atoms with van der Waals surface area (Å²) in [7, 11) is 0. The summed E-state index contributed by atoms with van der Waals surface area (Å²) in [6.45, 7) is 8.59. The Morgan fingerprint density at radius 3 is 2.94 bits per heavy atom. The SMILES string of the molecule is Cc1nc(C(C)N2CC(CN)CCC2C)cs1. The molecule has 0 saturated carbocycles. The highest BCUT2D eigenvalue weighted by Gasteiger charge is 2.29. The maximum Gasteiger partial charge on any atom is 0.0898 e. The van der Waals surface area contributed by atoms with Crippen molar-refractivity contribution in [3.8, 4) is 0 Å². The first-order valence-corrected chi connectivity index (χ1v) is 7.37. The van der Waals surface area contributed by atoms with E-state index in [0.717, 1.165) is 18.1 Å². The molecule has 96 valence electrons. The number of nitrogens with two attached hydrogens (primary N) is 1. The molecule has 3 unspecified atom stereocenters. The van der Waals surface area contributed by atoms with Crippen LogP contribution in [0.3, 0.4) is 0 Å². The Balaban J connectivity index is 2.09. The molecule has 0 amide bonds. The Hall–Kier alpha value is -0.450. The number of rotatable bonds is 3. The first-order chi connectivity index (χ1) is 8.11. The molecule has 1 aliphatic heterocycles. The Kier molecular flexibility index (Phi) is 4.17. The minimum Gasteiger partial charge on any atom is -0.330 e. The number of thiazole rings is 1. The van der Waals surface area contributed by atoms with Gasteiger partial charge >= 0.3 is 0 Å². The monoisotopic (exact) mass is 253 g/mol. The highest BCUT2D eigenvalue weighted by Crippen LogP contribution is 2.30. The summed E-state index contributed by atoms with van der Waals surface area (Å²) in [4.78, 5) is 7.18. The Morgan fingerprint density at radius 1 is 1.59 bits per heavy atom. The fraction of sp³-hybridized carbons (Fsp3) is 0.769. The van der Waals surface area contributed by atoms with Gasteiger partial charge in [0.05, 0.1) is 16.7 Å². The second kappa shape index (κ2) is 5.46. The number of hydrogen-bond acceptors (Lipinski definition) is 4. The normalized spacial score (nSPS) is 28.2. The van der Waals surface area contributed by atoms with E-state index in [1.807, 2.05) is 0 Å². The zero-order chi connectivity index (χ0) is 12.4. The molecule has 2 rings (SSSR count). The first kappa shape index (κ1) is 13.0. The molecular weight excluding hydrogens is 230 g/mol. The molecule has 0 aromatic carbocycles. The molecule has 2 heterocycles. The molecule has 1 saturated heterocycles. The number of piperidine rings is 1. The van der Waals surface area contributed by atoms with Crippen LogP contribution in [0.15, 0.2) is 5.38 Å². The van der Waals surface area contributed by atoms with E-state index in [1.54, 1.807) is 11.3 Å². The molecule has 0 radical (unpaired) electrons. The van der Waals surface area contributed by atoms with Gasteiger partial charge in [-0.15, -0.1) is 11.3 Å². The zero-order valence-electron chi connectivity index (χ0n) is 11.0. The van der Waals surface area contributed by atoms with E-state index in [2.05, 4.69) is 36.0 Å². The second-order valence-corrected chi connectivity index (χ2v) is 6.25. The van der Waals surface area contributed by atoms with Crippen molar-refractivity contribution in [1.82, 2.24) is 9.88 Å². The molecule has 4 heteroatoms. The van der Waals surface area contributed by atoms with E-state index in [0.29, 0.717) is 18.0 Å². The highest BCUT2D eigenvalue weighted by atomic mass is 32.1. The van der Waals surface area contributed by atoms with Crippen molar-refractivity contribution in [2.75, 3.05) is 13.1 Å². The third kappa shape index (κ3) is 2.87. The fourth-order valence-corrected chi connectivity index (χ4v) is 3.39. The van der Waals surface area contributed by atoms with Crippen LogP contribution in [0.4, 0.5) is 0 Å². The summed E-state index contributed by atoms with van der Waals surface area (Å²) in [5.41, 5.74) is 7.03. The molecule has 0 aliphatic carbocycles. The Morgan fingerprint density at radius 2 is 2.35 bits per heavy atom. The van der Waals surface area contributed by atoms with Gasteiger partial charge in [-0.05, 0) is 46.1 Å². The third-order valence-corrected chi connectivity index (χ3v) is 4.72. The van der Waals surface area contributed by atoms with Gasteiger partial charge in [-0.2, -0.15) is 0 Å². The van der Waals surface area contributed by atoms with Crippen LogP contribution in [-0.2, 0) is 0 Å². The van der Waals surface area contributed by atoms with Crippen LogP contribution in [0.2, 0.25) is 0 Å². The molecule has 17 heavy (non-hydrogen) atoms. The van der Waals surface area contributed by atoms with Crippen LogP contribution >= 0.6 is 11.3 Å². The molecule has 1 aliphatic rings. The van der Waals surface area contributed by atoms with Gasteiger partial charge in [0.1, 0.15) is 0 Å². The van der Waals surface area contributed by atoms with E-state index in [1.165, 1.54) is 18.5 Å². The molecule has 3 nitrogen and oxygen atoms in total. The third-order valence-electron chi connectivity index (χ3n) is 3.92. The van der Waals surface area contributed by atoms with Crippen molar-refractivity contribution in [3.05, 3.63) is 16.1 Å². The maximum atomic E-state index is 5.81. The molecule has 1 fully saturated rings. The van der Waals surface area contributed by atoms with Crippen molar-refractivity contribution in [3.63, 3.8) is 0 Å². The van der Waals surface area contributed by atoms with E-state index in [-0.39, 0.29) is 0 Å². The standard InChI is InChI=1S/C13H23N3S/c1-9-4-5-12(6-14)7-16(9)10(2)13-8-17-11(3)15-13/h8-10,12H,4-7,14H2,1-3H3. The quantitative estimate of drug-likeness (QED) is 0.900. The summed E-state index contributed by atoms with van der Waals surface area (Å²) >= 11 is 1.74. The maximum absolute atomic E-state index is 5.81. The number of aryl methyl sites for hydroxylation is 1. The highest BCUT2D eigenvalue weighted by molar-refractivity contribution is 7.09. The van der Waals surface area contributed by atoms with Gasteiger partial charge in [0, 0.05) is 18.0 Å². The van der Waals surface area contributed by atoms with Crippen molar-refractivity contribution in [2.24, 2.45) is 11.7 Å². The summed E-state index contributed by atoms with van der Waals surface area (Å²) in [5, 5.41) is 3.35. The van der Waals surface area contributed by atoms with Gasteiger partial charge < -0.3 is 5.73 Å². The average Bonchev–Trinajstić information content (AvgIpc) is 2.76. The number of likely N-dealkylation sites (tertiary alicyclic amines) is 1. The van der Waals surface area contributed by atoms with Gasteiger partial charge in [0.25, 0.3) is 0 Å². The van der Waals surface area contributed by atoms with E-state index in [4.69, 9.17) is 5.73 Å². The molecule has 2 N–H and O–H groups in total. The van der Waals surface area contributed by atoms with Gasteiger partial charge in [-0.3, -0.25) is 4.90 Å². The summed E-state index contributed by atoms with van der Waals surface area (Å²) in [6.07, 6.45) is 2.53. The van der Waals surface area contributed by atoms with E-state index >= 15 is 0 Å². The van der Waals surface area contributed by atoms with Crippen molar-refractivity contribution in [2.45, 2.75) is 45.7 Å². The number of nitrogens with zero attached hydrogens (tertiary/aromatic N) is 2. The van der Waals surface area contributed by atoms with Crippen LogP contribution in [0.1, 0.15) is 43.4 Å². The summed E-state index contributed by atoms with van der Waals surface area (Å²) in [6, 6.07) is 1.07. The molecule has 0 bridgehead atoms. The predicted molar refractivity (Wildman–Crippen MR) is 73.2 cm³/mol. The van der Waals surface area contributed by atoms with E-state index < -0.39 is 0 Å². The Bertz CT molecular complexity index is 363. The zero-order valence-corrected chi connectivity index (χ0v) is 11.8. The minimum absolute atomic E-state index is 0.421. The number of aromatic nitrogens is 1. The molecule has 0 spiro atoms. The van der Waals surface area contributed by atoms with Crippen molar-refractivity contribution < 1.29 is 0 Å². The fourth-order valence-electron chi connectivity index (χ4n) is 2.69. The van der Waals surface area contributed by atoms with Crippen molar-refractivity contribution >= 4 is 11.3 Å². The minimum atomic E-state index is 0.421. The lowest BCUT2D eigenvalue weighted by Gasteiger charge is -2.41. The molecule has 1 aromatic heterocycles. The molecule has 3 atom stereocenters. The number of hydrogen-bond donors (Lipinski definition) is 1. The first-order valence-electron chi connectivity index (χ1n) is 6.49. The lowest BCUT2D eigenvalue weighted by Crippen LogP contribution is -2.45. The van der Waals surface area contributed by atoms with Crippen LogP contribution in [-0.4, -0.2) is 29.0 Å². The van der Waals surface area contributed by atoms with Crippen LogP contribution < -0.4 is 5.73 Å². The summed E-state index contributed by atoms with van der Waals surface area (Å²) < 4.78 is 0. The van der Waals surface area contributed by atoms with Gasteiger partial charge in [-0.1, -0.05) is 0 Å². The van der Waals surface area contributed by atoms with Crippen LogP contribution in [0.25, 0.3) is 0 Å². The van der Waals surface area contributed by atoms with Crippen molar-refractivity contribution in [1.29, 1.82) is 0 Å². The summed E-state index contributed by atoms with van der Waals surface area (Å²) in [5.74, 6) is 0.661. The Labute approximate surface area is 108 Å². The van der Waals surface area contributed by atoms with Crippen LogP contribution in [0, 0.1) is 12.8 Å². The van der Waals surface area contributed by atoms with Crippen LogP contribution in [0.5, 0.6) is 0 Å². The van der Waals surface area contributed by atoms with Gasteiger partial charge in [0.15, 0.2) is 0 Å². The lowest BCUT2D eigenvalue weighted by molar-refractivity contribution is 0.0797. The predicted octanol–water partition coefficient (Wildman–Crippen LogP) is 2.57. The largest absolute Gasteiger partial charge is 0.330 e. The van der Waals surface area contributed by atoms with Gasteiger partial charge in [-0.25, -0.2) is 4.98 Å². The smallest absolute Gasteiger partial charge is 0.0898 e. The molecular formula is C13H23N3S. The average molecular weight is 253 g/mol. The van der Waals surface area contributed by atoms with E-state index in [9.17, 15) is 0 Å². The second-order valence-electron chi connectivity index (χ2n) is 5.19.